The minimum absolute atomic E-state index is 0.0991. The largest absolute Gasteiger partial charge is 0.396 e. The van der Waals surface area contributed by atoms with E-state index in [0.717, 1.165) is 23.9 Å². The number of hydrogen-bond acceptors (Lipinski definition) is 5. The van der Waals surface area contributed by atoms with Crippen molar-refractivity contribution in [3.05, 3.63) is 10.7 Å². The molecule has 0 fully saturated rings. The Hall–Kier alpha value is -0.880. The fraction of sp³-hybridized carbons (Fsp3) is 0.636. The predicted molar refractivity (Wildman–Crippen MR) is 72.7 cm³/mol. The first-order valence-electron chi connectivity index (χ1n) is 5.57. The smallest absolute Gasteiger partial charge is 0.221 e. The van der Waals surface area contributed by atoms with Gasteiger partial charge in [0.15, 0.2) is 0 Å². The monoisotopic (exact) mass is 302 g/mol. The van der Waals surface area contributed by atoms with Gasteiger partial charge in [0.1, 0.15) is 5.82 Å². The molecule has 1 aromatic rings. The van der Waals surface area contributed by atoms with E-state index in [4.69, 9.17) is 10.8 Å². The number of rotatable bonds is 6. The summed E-state index contributed by atoms with van der Waals surface area (Å²) in [4.78, 5) is 8.00. The molecule has 0 aromatic carbocycles. The van der Waals surface area contributed by atoms with Crippen molar-refractivity contribution >= 4 is 27.7 Å². The highest BCUT2D eigenvalue weighted by atomic mass is 79.9. The molecule has 0 atom stereocenters. The van der Waals surface area contributed by atoms with E-state index >= 15 is 0 Å². The summed E-state index contributed by atoms with van der Waals surface area (Å²) in [6.45, 7) is 5.29. The lowest BCUT2D eigenvalue weighted by Crippen LogP contribution is -2.24. The van der Waals surface area contributed by atoms with Gasteiger partial charge in [0.25, 0.3) is 0 Å². The molecular formula is C11H19BrN4O. The summed E-state index contributed by atoms with van der Waals surface area (Å²) in [6.07, 6.45) is 3.39. The van der Waals surface area contributed by atoms with Crippen molar-refractivity contribution in [2.45, 2.75) is 26.7 Å². The molecular weight excluding hydrogens is 284 g/mol. The van der Waals surface area contributed by atoms with Gasteiger partial charge in [0.2, 0.25) is 5.95 Å². The van der Waals surface area contributed by atoms with Crippen LogP contribution in [0.15, 0.2) is 10.7 Å². The second-order valence-electron chi connectivity index (χ2n) is 4.77. The molecule has 0 aliphatic rings. The van der Waals surface area contributed by atoms with E-state index < -0.39 is 0 Å². The van der Waals surface area contributed by atoms with Crippen LogP contribution in [0.3, 0.4) is 0 Å². The van der Waals surface area contributed by atoms with Gasteiger partial charge in [-0.25, -0.2) is 4.98 Å². The van der Waals surface area contributed by atoms with Gasteiger partial charge in [0.05, 0.1) is 4.47 Å². The standard InChI is InChI=1S/C11H19BrN4O/c1-11(2,4-3-5-17)7-15-9-8(12)6-14-10(13)16-9/h6,17H,3-5,7H2,1-2H3,(H3,13,14,15,16). The molecule has 0 radical (unpaired) electrons. The highest BCUT2D eigenvalue weighted by Gasteiger charge is 2.17. The predicted octanol–water partition coefficient (Wildman–Crippen LogP) is 2.03. The molecule has 17 heavy (non-hydrogen) atoms. The van der Waals surface area contributed by atoms with Crippen molar-refractivity contribution < 1.29 is 5.11 Å². The van der Waals surface area contributed by atoms with E-state index in [1.807, 2.05) is 0 Å². The van der Waals surface area contributed by atoms with Gasteiger partial charge >= 0.3 is 0 Å². The number of nitrogens with zero attached hydrogens (tertiary/aromatic N) is 2. The quantitative estimate of drug-likeness (QED) is 0.749. The van der Waals surface area contributed by atoms with Crippen LogP contribution in [-0.4, -0.2) is 28.2 Å². The van der Waals surface area contributed by atoms with Gasteiger partial charge in [-0.2, -0.15) is 4.98 Å². The Morgan fingerprint density at radius 1 is 1.53 bits per heavy atom. The van der Waals surface area contributed by atoms with Crippen molar-refractivity contribution in [2.75, 3.05) is 24.2 Å². The van der Waals surface area contributed by atoms with Crippen LogP contribution >= 0.6 is 15.9 Å². The van der Waals surface area contributed by atoms with Crippen LogP contribution in [0.5, 0.6) is 0 Å². The summed E-state index contributed by atoms with van der Waals surface area (Å²) in [7, 11) is 0. The number of aliphatic hydroxyl groups excluding tert-OH is 1. The van der Waals surface area contributed by atoms with Gasteiger partial charge in [-0.05, 0) is 34.2 Å². The number of nitrogens with two attached hydrogens (primary N) is 1. The van der Waals surface area contributed by atoms with Gasteiger partial charge in [-0.15, -0.1) is 0 Å². The van der Waals surface area contributed by atoms with Crippen LogP contribution in [0.4, 0.5) is 11.8 Å². The number of hydrogen-bond donors (Lipinski definition) is 3. The van der Waals surface area contributed by atoms with Gasteiger partial charge in [0, 0.05) is 19.3 Å². The molecule has 1 heterocycles. The highest BCUT2D eigenvalue weighted by molar-refractivity contribution is 9.10. The SMILES string of the molecule is CC(C)(CCCO)CNc1nc(N)ncc1Br. The molecule has 0 bridgehead atoms. The van der Waals surface area contributed by atoms with Crippen molar-refractivity contribution in [3.8, 4) is 0 Å². The number of nitrogen functional groups attached to an aromatic ring is 1. The molecule has 0 unspecified atom stereocenters. The number of anilines is 2. The molecule has 0 saturated heterocycles. The molecule has 96 valence electrons. The molecule has 1 aromatic heterocycles. The highest BCUT2D eigenvalue weighted by Crippen LogP contribution is 2.25. The zero-order chi connectivity index (χ0) is 12.9. The van der Waals surface area contributed by atoms with Crippen molar-refractivity contribution in [2.24, 2.45) is 5.41 Å². The van der Waals surface area contributed by atoms with Crippen LogP contribution in [-0.2, 0) is 0 Å². The van der Waals surface area contributed by atoms with Gasteiger partial charge in [-0.1, -0.05) is 13.8 Å². The van der Waals surface area contributed by atoms with Gasteiger partial charge in [-0.3, -0.25) is 0 Å². The Labute approximate surface area is 110 Å². The number of halogens is 1. The maximum absolute atomic E-state index is 8.83. The Kier molecular flexibility index (Phi) is 5.14. The fourth-order valence-electron chi connectivity index (χ4n) is 1.47. The van der Waals surface area contributed by atoms with Crippen LogP contribution in [0, 0.1) is 5.41 Å². The molecule has 0 aliphatic carbocycles. The number of aliphatic hydroxyl groups is 1. The fourth-order valence-corrected chi connectivity index (χ4v) is 1.80. The first-order chi connectivity index (χ1) is 7.94. The molecule has 0 amide bonds. The zero-order valence-electron chi connectivity index (χ0n) is 10.2. The first kappa shape index (κ1) is 14.2. The second kappa shape index (κ2) is 6.16. The Bertz CT molecular complexity index is 370. The number of nitrogens with one attached hydrogen (secondary N) is 1. The Morgan fingerprint density at radius 3 is 2.88 bits per heavy atom. The van der Waals surface area contributed by atoms with E-state index in [9.17, 15) is 0 Å². The molecule has 4 N–H and O–H groups in total. The van der Waals surface area contributed by atoms with Crippen LogP contribution in [0.25, 0.3) is 0 Å². The van der Waals surface area contributed by atoms with E-state index in [1.165, 1.54) is 0 Å². The lowest BCUT2D eigenvalue weighted by atomic mass is 9.88. The van der Waals surface area contributed by atoms with E-state index in [2.05, 4.69) is 45.1 Å². The maximum atomic E-state index is 8.83. The third-order valence-electron chi connectivity index (χ3n) is 2.51. The second-order valence-corrected chi connectivity index (χ2v) is 5.62. The molecule has 5 nitrogen and oxygen atoms in total. The van der Waals surface area contributed by atoms with E-state index in [0.29, 0.717) is 5.82 Å². The van der Waals surface area contributed by atoms with Crippen LogP contribution in [0.2, 0.25) is 0 Å². The van der Waals surface area contributed by atoms with Crippen molar-refractivity contribution in [1.82, 2.24) is 9.97 Å². The topological polar surface area (TPSA) is 84.1 Å². The summed E-state index contributed by atoms with van der Waals surface area (Å²) in [6, 6.07) is 0. The maximum Gasteiger partial charge on any atom is 0.221 e. The number of aromatic nitrogens is 2. The Balaban J connectivity index is 2.57. The summed E-state index contributed by atoms with van der Waals surface area (Å²) >= 11 is 3.37. The van der Waals surface area contributed by atoms with Crippen molar-refractivity contribution in [1.29, 1.82) is 0 Å². The minimum atomic E-state index is 0.0991. The van der Waals surface area contributed by atoms with Gasteiger partial charge < -0.3 is 16.2 Å². The third-order valence-corrected chi connectivity index (χ3v) is 3.09. The minimum Gasteiger partial charge on any atom is -0.396 e. The summed E-state index contributed by atoms with van der Waals surface area (Å²) in [5.74, 6) is 0.957. The Morgan fingerprint density at radius 2 is 2.24 bits per heavy atom. The third kappa shape index (κ3) is 4.87. The zero-order valence-corrected chi connectivity index (χ0v) is 11.8. The van der Waals surface area contributed by atoms with Crippen molar-refractivity contribution in [3.63, 3.8) is 0 Å². The molecule has 0 aliphatic heterocycles. The summed E-state index contributed by atoms with van der Waals surface area (Å²) < 4.78 is 0.796. The average Bonchev–Trinajstić information content (AvgIpc) is 2.28. The van der Waals surface area contributed by atoms with E-state index in [1.54, 1.807) is 6.20 Å². The lowest BCUT2D eigenvalue weighted by Gasteiger charge is -2.25. The first-order valence-corrected chi connectivity index (χ1v) is 6.37. The molecule has 1 rings (SSSR count). The summed E-state index contributed by atoms with van der Waals surface area (Å²) in [5.41, 5.74) is 5.63. The van der Waals surface area contributed by atoms with Crippen LogP contribution < -0.4 is 11.1 Å². The normalized spacial score (nSPS) is 11.5. The van der Waals surface area contributed by atoms with Crippen LogP contribution in [0.1, 0.15) is 26.7 Å². The lowest BCUT2D eigenvalue weighted by molar-refractivity contribution is 0.248. The molecule has 0 saturated carbocycles. The molecule has 0 spiro atoms. The average molecular weight is 303 g/mol. The molecule has 6 heteroatoms. The summed E-state index contributed by atoms with van der Waals surface area (Å²) in [5, 5.41) is 12.1. The van der Waals surface area contributed by atoms with E-state index in [-0.39, 0.29) is 18.0 Å².